The Hall–Kier alpha value is -4.10. The van der Waals surface area contributed by atoms with Crippen LogP contribution in [-0.4, -0.2) is 47.5 Å². The van der Waals surface area contributed by atoms with Crippen LogP contribution < -0.4 is 16.4 Å². The Labute approximate surface area is 236 Å². The summed E-state index contributed by atoms with van der Waals surface area (Å²) in [4.78, 5) is 32.5. The van der Waals surface area contributed by atoms with E-state index in [-0.39, 0.29) is 17.9 Å². The van der Waals surface area contributed by atoms with E-state index < -0.39 is 6.04 Å². The third kappa shape index (κ3) is 6.37. The van der Waals surface area contributed by atoms with Crippen LogP contribution in [0.4, 0.5) is 10.5 Å². The van der Waals surface area contributed by atoms with Crippen LogP contribution in [0, 0.1) is 0 Å². The van der Waals surface area contributed by atoms with E-state index in [2.05, 4.69) is 39.9 Å². The highest BCUT2D eigenvalue weighted by molar-refractivity contribution is 5.98. The van der Waals surface area contributed by atoms with Crippen molar-refractivity contribution in [2.75, 3.05) is 25.0 Å². The van der Waals surface area contributed by atoms with Crippen molar-refractivity contribution in [3.63, 3.8) is 0 Å². The number of hydrogen-bond acceptors (Lipinski definition) is 3. The maximum Gasteiger partial charge on any atom is 0.318 e. The van der Waals surface area contributed by atoms with E-state index in [1.807, 2.05) is 72.6 Å². The fraction of sp³-hybridized carbons (Fsp3) is 0.333. The van der Waals surface area contributed by atoms with Crippen molar-refractivity contribution < 1.29 is 9.59 Å². The lowest BCUT2D eigenvalue weighted by Gasteiger charge is -2.34. The molecule has 1 aliphatic heterocycles. The summed E-state index contributed by atoms with van der Waals surface area (Å²) >= 11 is 0. The zero-order valence-corrected chi connectivity index (χ0v) is 23.1. The topological polar surface area (TPSA) is 103 Å². The summed E-state index contributed by atoms with van der Waals surface area (Å²) in [5.74, 6) is -0.0512. The Morgan fingerprint density at radius 3 is 2.52 bits per heavy atom. The van der Waals surface area contributed by atoms with Gasteiger partial charge >= 0.3 is 6.03 Å². The fourth-order valence-electron chi connectivity index (χ4n) is 5.76. The largest absolute Gasteiger partial charge is 0.361 e. The van der Waals surface area contributed by atoms with Crippen molar-refractivity contribution in [1.82, 2.24) is 15.2 Å². The number of piperidine rings is 1. The van der Waals surface area contributed by atoms with Gasteiger partial charge in [-0.25, -0.2) is 4.79 Å². The predicted molar refractivity (Wildman–Crippen MR) is 161 cm³/mol. The van der Waals surface area contributed by atoms with Crippen LogP contribution in [-0.2, 0) is 11.2 Å². The van der Waals surface area contributed by atoms with E-state index in [9.17, 15) is 9.59 Å². The summed E-state index contributed by atoms with van der Waals surface area (Å²) < 4.78 is 0. The smallest absolute Gasteiger partial charge is 0.318 e. The first-order chi connectivity index (χ1) is 19.5. The average Bonchev–Trinajstić information content (AvgIpc) is 3.43. The van der Waals surface area contributed by atoms with Gasteiger partial charge in [-0.3, -0.25) is 4.79 Å². The Bertz CT molecular complexity index is 1430. The number of nitrogens with zero attached hydrogens (tertiary/aromatic N) is 1. The molecule has 208 valence electrons. The molecule has 0 aliphatic carbocycles. The molecule has 0 radical (unpaired) electrons. The van der Waals surface area contributed by atoms with E-state index in [0.29, 0.717) is 31.2 Å². The maximum absolute atomic E-state index is 13.8. The van der Waals surface area contributed by atoms with Crippen molar-refractivity contribution in [2.24, 2.45) is 5.73 Å². The molecule has 2 atom stereocenters. The first-order valence-corrected chi connectivity index (χ1v) is 14.3. The number of carbonyl (C=O) groups excluding carboxylic acids is 2. The Morgan fingerprint density at radius 2 is 1.75 bits per heavy atom. The molecule has 2 heterocycles. The highest BCUT2D eigenvalue weighted by Crippen LogP contribution is 2.30. The molecule has 7 nitrogen and oxygen atoms in total. The number of urea groups is 1. The van der Waals surface area contributed by atoms with Gasteiger partial charge in [-0.15, -0.1) is 0 Å². The van der Waals surface area contributed by atoms with Crippen LogP contribution >= 0.6 is 0 Å². The fourth-order valence-corrected chi connectivity index (χ4v) is 5.76. The molecule has 7 heteroatoms. The lowest BCUT2D eigenvalue weighted by atomic mass is 9.89. The van der Waals surface area contributed by atoms with Gasteiger partial charge in [-0.1, -0.05) is 67.6 Å². The minimum atomic E-state index is -0.758. The number of nitrogens with two attached hydrogens (primary N) is 1. The molecule has 1 aromatic heterocycles. The van der Waals surface area contributed by atoms with E-state index in [1.165, 1.54) is 5.56 Å². The third-order valence-electron chi connectivity index (χ3n) is 8.09. The van der Waals surface area contributed by atoms with Crippen molar-refractivity contribution in [3.8, 4) is 0 Å². The number of aromatic nitrogens is 1. The van der Waals surface area contributed by atoms with Gasteiger partial charge in [0.1, 0.15) is 6.04 Å². The van der Waals surface area contributed by atoms with Crippen LogP contribution in [0.3, 0.4) is 0 Å². The molecule has 0 saturated carbocycles. The number of likely N-dealkylation sites (tertiary alicyclic amines) is 1. The number of aromatic amines is 1. The summed E-state index contributed by atoms with van der Waals surface area (Å²) in [5.41, 5.74) is 10.8. The molecular formula is C33H39N5O2. The number of rotatable bonds is 9. The van der Waals surface area contributed by atoms with E-state index >= 15 is 0 Å². The van der Waals surface area contributed by atoms with Gasteiger partial charge < -0.3 is 26.3 Å². The van der Waals surface area contributed by atoms with Crippen LogP contribution in [0.25, 0.3) is 10.9 Å². The molecule has 5 rings (SSSR count). The van der Waals surface area contributed by atoms with Crippen LogP contribution in [0.1, 0.15) is 54.7 Å². The van der Waals surface area contributed by atoms with Gasteiger partial charge in [0.15, 0.2) is 0 Å². The standard InChI is InChI=1S/C33H39N5O2/c1-23(29-22-35-30-15-6-5-14-28(29)30)31(32(39)36-27-13-7-9-24(21-27)10-8-18-34)37-33(40)38-19-16-26(17-20-38)25-11-3-2-4-12-25/h2-7,9,11-15,21-23,26,31,35H,8,10,16-20,34H2,1H3,(H,36,39)(H,37,40). The highest BCUT2D eigenvalue weighted by atomic mass is 16.2. The van der Waals surface area contributed by atoms with Gasteiger partial charge in [-0.2, -0.15) is 0 Å². The lowest BCUT2D eigenvalue weighted by Crippen LogP contribution is -2.53. The number of anilines is 1. The third-order valence-corrected chi connectivity index (χ3v) is 8.09. The Kier molecular flexibility index (Phi) is 8.81. The van der Waals surface area contributed by atoms with Crippen LogP contribution in [0.15, 0.2) is 85.1 Å². The van der Waals surface area contributed by atoms with E-state index in [1.54, 1.807) is 0 Å². The summed E-state index contributed by atoms with van der Waals surface area (Å²) in [5, 5.41) is 7.23. The van der Waals surface area contributed by atoms with Gasteiger partial charge in [0.05, 0.1) is 0 Å². The molecule has 0 bridgehead atoms. The number of H-pyrrole nitrogens is 1. The second-order valence-electron chi connectivity index (χ2n) is 10.8. The van der Waals surface area contributed by atoms with Crippen LogP contribution in [0.5, 0.6) is 0 Å². The SMILES string of the molecule is CC(c1c[nH]c2ccccc12)C(NC(=O)N1CCC(c2ccccc2)CC1)C(=O)Nc1cccc(CCCN)c1. The van der Waals surface area contributed by atoms with Gasteiger partial charge in [0, 0.05) is 41.8 Å². The molecule has 1 aliphatic rings. The van der Waals surface area contributed by atoms with Gasteiger partial charge in [0.25, 0.3) is 0 Å². The van der Waals surface area contributed by atoms with Crippen molar-refractivity contribution >= 4 is 28.5 Å². The molecule has 3 amide bonds. The molecule has 5 N–H and O–H groups in total. The van der Waals surface area contributed by atoms with Crippen molar-refractivity contribution in [3.05, 3.63) is 102 Å². The zero-order valence-electron chi connectivity index (χ0n) is 23.1. The summed E-state index contributed by atoms with van der Waals surface area (Å²) in [6.07, 6.45) is 5.49. The number of benzene rings is 3. The quantitative estimate of drug-likeness (QED) is 0.218. The van der Waals surface area contributed by atoms with E-state index in [0.717, 1.165) is 47.7 Å². The van der Waals surface area contributed by atoms with Gasteiger partial charge in [-0.05, 0) is 73.0 Å². The second-order valence-corrected chi connectivity index (χ2v) is 10.8. The van der Waals surface area contributed by atoms with E-state index in [4.69, 9.17) is 5.73 Å². The molecular weight excluding hydrogens is 498 g/mol. The number of aryl methyl sites for hydroxylation is 1. The van der Waals surface area contributed by atoms with Crippen molar-refractivity contribution in [2.45, 2.75) is 50.5 Å². The summed E-state index contributed by atoms with van der Waals surface area (Å²) in [6.45, 7) is 3.93. The Balaban J connectivity index is 1.33. The number of nitrogens with one attached hydrogen (secondary N) is 3. The van der Waals surface area contributed by atoms with Crippen LogP contribution in [0.2, 0.25) is 0 Å². The minimum absolute atomic E-state index is 0.199. The number of fused-ring (bicyclic) bond motifs is 1. The molecule has 40 heavy (non-hydrogen) atoms. The predicted octanol–water partition coefficient (Wildman–Crippen LogP) is 5.76. The molecule has 3 aromatic carbocycles. The molecule has 4 aromatic rings. The minimum Gasteiger partial charge on any atom is -0.361 e. The zero-order chi connectivity index (χ0) is 27.9. The molecule has 1 fully saturated rings. The normalized spacial score (nSPS) is 15.5. The second kappa shape index (κ2) is 12.8. The maximum atomic E-state index is 13.8. The van der Waals surface area contributed by atoms with Crippen molar-refractivity contribution in [1.29, 1.82) is 0 Å². The average molecular weight is 538 g/mol. The number of amides is 3. The molecule has 0 spiro atoms. The monoisotopic (exact) mass is 537 g/mol. The number of carbonyl (C=O) groups is 2. The number of para-hydroxylation sites is 1. The molecule has 1 saturated heterocycles. The first-order valence-electron chi connectivity index (χ1n) is 14.3. The Morgan fingerprint density at radius 1 is 1.00 bits per heavy atom. The summed E-state index contributed by atoms with van der Waals surface area (Å²) in [6, 6.07) is 25.4. The number of hydrogen-bond donors (Lipinski definition) is 4. The molecule has 2 unspecified atom stereocenters. The first kappa shape index (κ1) is 27.5. The lowest BCUT2D eigenvalue weighted by molar-refractivity contribution is -0.118. The highest BCUT2D eigenvalue weighted by Gasteiger charge is 2.32. The van der Waals surface area contributed by atoms with Gasteiger partial charge in [0.2, 0.25) is 5.91 Å². The summed E-state index contributed by atoms with van der Waals surface area (Å²) in [7, 11) is 0.